The Morgan fingerprint density at radius 2 is 1.42 bits per heavy atom. The van der Waals surface area contributed by atoms with Gasteiger partial charge in [0.25, 0.3) is 0 Å². The molecule has 0 spiro atoms. The summed E-state index contributed by atoms with van der Waals surface area (Å²) in [6.07, 6.45) is 3.22. The van der Waals surface area contributed by atoms with Crippen molar-refractivity contribution < 1.29 is 41.1 Å². The van der Waals surface area contributed by atoms with Crippen LogP contribution in [0, 0.1) is 0 Å². The zero-order valence-electron chi connectivity index (χ0n) is 7.78. The molecule has 12 heavy (non-hydrogen) atoms. The molecule has 1 fully saturated rings. The maximum Gasteiger partial charge on any atom is 0 e. The van der Waals surface area contributed by atoms with E-state index in [-0.39, 0.29) is 32.7 Å². The van der Waals surface area contributed by atoms with Crippen molar-refractivity contribution in [1.29, 1.82) is 0 Å². The Hall–Kier alpha value is 1.01. The molecule has 71 valence electrons. The Morgan fingerprint density at radius 3 is 1.67 bits per heavy atom. The number of piperidine rings is 1. The molecule has 1 radical (unpaired) electrons. The van der Waals surface area contributed by atoms with E-state index in [4.69, 9.17) is 0 Å². The first kappa shape index (κ1) is 15.5. The third-order valence-corrected chi connectivity index (χ3v) is 2.31. The molecule has 0 bridgehead atoms. The number of hydrogen-bond donors (Lipinski definition) is 0. The molecular formula is C7H16NO2SY-. The van der Waals surface area contributed by atoms with E-state index in [9.17, 15) is 8.42 Å². The first-order valence-electron chi connectivity index (χ1n) is 4.15. The summed E-state index contributed by atoms with van der Waals surface area (Å²) in [5, 5.41) is 0. The zero-order chi connectivity index (χ0) is 8.69. The molecule has 0 aromatic rings. The minimum Gasteiger partial charge on any atom is -0.409 e. The van der Waals surface area contributed by atoms with Crippen molar-refractivity contribution in [3.8, 4) is 0 Å². The fourth-order valence-electron chi connectivity index (χ4n) is 1.01. The van der Waals surface area contributed by atoms with E-state index in [2.05, 4.69) is 0 Å². The molecule has 3 nitrogen and oxygen atoms in total. The molecule has 5 heteroatoms. The van der Waals surface area contributed by atoms with Crippen LogP contribution in [0.1, 0.15) is 33.1 Å². The van der Waals surface area contributed by atoms with Gasteiger partial charge in [-0.2, -0.15) is 0 Å². The molecule has 0 aromatic heterocycles. The van der Waals surface area contributed by atoms with Crippen LogP contribution in [0.2, 0.25) is 0 Å². The van der Waals surface area contributed by atoms with Crippen molar-refractivity contribution >= 4 is 10.9 Å². The minimum atomic E-state index is -1.97. The minimum absolute atomic E-state index is 0. The summed E-state index contributed by atoms with van der Waals surface area (Å²) in [4.78, 5) is 0. The Morgan fingerprint density at radius 1 is 1.00 bits per heavy atom. The maximum absolute atomic E-state index is 10.3. The van der Waals surface area contributed by atoms with Gasteiger partial charge < -0.3 is 12.7 Å². The average Bonchev–Trinajstić information content (AvgIpc) is 2.10. The van der Waals surface area contributed by atoms with Crippen molar-refractivity contribution in [1.82, 2.24) is 4.31 Å². The van der Waals surface area contributed by atoms with E-state index in [0.29, 0.717) is 0 Å². The summed E-state index contributed by atoms with van der Waals surface area (Å²) in [6, 6.07) is 0. The zero-order valence-corrected chi connectivity index (χ0v) is 11.4. The van der Waals surface area contributed by atoms with Crippen LogP contribution < -0.4 is 0 Å². The predicted molar refractivity (Wildman–Crippen MR) is 45.5 cm³/mol. The first-order valence-corrected chi connectivity index (χ1v) is 5.18. The maximum atomic E-state index is 10.3. The molecule has 1 aliphatic rings. The molecule has 1 heterocycles. The summed E-state index contributed by atoms with van der Waals surface area (Å²) >= 11 is 0. The van der Waals surface area contributed by atoms with Crippen molar-refractivity contribution in [3.63, 3.8) is 0 Å². The second kappa shape index (κ2) is 10.1. The molecule has 1 rings (SSSR count). The van der Waals surface area contributed by atoms with Gasteiger partial charge in [0.1, 0.15) is 0 Å². The molecule has 0 aliphatic carbocycles. The quantitative estimate of drug-likeness (QED) is 0.678. The van der Waals surface area contributed by atoms with Crippen LogP contribution in [0.15, 0.2) is 0 Å². The van der Waals surface area contributed by atoms with E-state index < -0.39 is 10.9 Å². The topological polar surface area (TPSA) is 37.4 Å². The van der Waals surface area contributed by atoms with Crippen molar-refractivity contribution in [2.24, 2.45) is 0 Å². The van der Waals surface area contributed by atoms with E-state index in [1.165, 1.54) is 10.7 Å². The third-order valence-electron chi connectivity index (χ3n) is 1.53. The van der Waals surface area contributed by atoms with Crippen molar-refractivity contribution in [2.45, 2.75) is 33.1 Å². The van der Waals surface area contributed by atoms with E-state index in [0.717, 1.165) is 25.9 Å². The van der Waals surface area contributed by atoms with Crippen molar-refractivity contribution in [3.05, 3.63) is 0 Å². The largest absolute Gasteiger partial charge is 0.409 e. The molecule has 0 aromatic carbocycles. The summed E-state index contributed by atoms with van der Waals surface area (Å²) in [5.74, 6) is 0. The fourth-order valence-corrected chi connectivity index (χ4v) is 1.57. The molecule has 1 saturated heterocycles. The summed E-state index contributed by atoms with van der Waals surface area (Å²) in [6.45, 7) is 5.44. The number of hydrogen-bond acceptors (Lipinski definition) is 3. The van der Waals surface area contributed by atoms with E-state index in [1.807, 2.05) is 13.8 Å². The Kier molecular flexibility index (Phi) is 13.0. The van der Waals surface area contributed by atoms with Gasteiger partial charge in [-0.05, 0) is 36.8 Å². The molecule has 0 amide bonds. The van der Waals surface area contributed by atoms with Crippen LogP contribution in [0.25, 0.3) is 0 Å². The van der Waals surface area contributed by atoms with Gasteiger partial charge in [-0.3, -0.25) is 0 Å². The molecule has 1 aliphatic heterocycles. The van der Waals surface area contributed by atoms with Gasteiger partial charge in [0.05, 0.1) is 0 Å². The van der Waals surface area contributed by atoms with Gasteiger partial charge in [-0.15, -0.1) is 0 Å². The van der Waals surface area contributed by atoms with Crippen LogP contribution in [-0.4, -0.2) is 17.4 Å². The monoisotopic (exact) mass is 267 g/mol. The van der Waals surface area contributed by atoms with Crippen molar-refractivity contribution in [2.75, 3.05) is 13.1 Å². The summed E-state index contributed by atoms with van der Waals surface area (Å²) in [5.41, 5.74) is 0. The Bertz CT molecular complexity index is 147. The van der Waals surface area contributed by atoms with Gasteiger partial charge in [-0.25, -0.2) is 0 Å². The normalized spacial score (nSPS) is 17.6. The molecule has 0 unspecified atom stereocenters. The SMILES string of the molecule is CC.O=[S-](=O)N1CCCCC1.[Y]. The third kappa shape index (κ3) is 6.52. The van der Waals surface area contributed by atoms with Crippen LogP contribution in [0.3, 0.4) is 0 Å². The first-order chi connectivity index (χ1) is 5.30. The molecule has 0 N–H and O–H groups in total. The van der Waals surface area contributed by atoms with Crippen LogP contribution in [0.4, 0.5) is 0 Å². The number of rotatable bonds is 1. The number of nitrogens with zero attached hydrogens (tertiary/aromatic N) is 1. The van der Waals surface area contributed by atoms with Crippen LogP contribution in [0.5, 0.6) is 0 Å². The van der Waals surface area contributed by atoms with Gasteiger partial charge in [0, 0.05) is 32.7 Å². The van der Waals surface area contributed by atoms with Crippen LogP contribution in [-0.2, 0) is 52.0 Å². The average molecular weight is 267 g/mol. The Labute approximate surface area is 102 Å². The van der Waals surface area contributed by atoms with E-state index >= 15 is 0 Å². The second-order valence-corrected chi connectivity index (χ2v) is 3.16. The molecular weight excluding hydrogens is 251 g/mol. The summed E-state index contributed by atoms with van der Waals surface area (Å²) in [7, 11) is -1.97. The molecule has 0 saturated carbocycles. The predicted octanol–water partition coefficient (Wildman–Crippen LogP) is 1.72. The van der Waals surface area contributed by atoms with Gasteiger partial charge in [-0.1, -0.05) is 20.3 Å². The molecule has 0 atom stereocenters. The fraction of sp³-hybridized carbons (Fsp3) is 1.00. The van der Waals surface area contributed by atoms with Crippen LogP contribution >= 0.6 is 0 Å². The smallest absolute Gasteiger partial charge is 0 e. The van der Waals surface area contributed by atoms with Gasteiger partial charge in [0.2, 0.25) is 0 Å². The Balaban J connectivity index is 0. The standard InChI is InChI=1S/C5H10NO2S.C2H6.Y/c7-9(8)6-4-2-1-3-5-6;1-2;/h1-5H2;1-2H3;/q-1;;. The van der Waals surface area contributed by atoms with E-state index in [1.54, 1.807) is 0 Å². The summed E-state index contributed by atoms with van der Waals surface area (Å²) < 4.78 is 22.0. The van der Waals surface area contributed by atoms with Gasteiger partial charge >= 0.3 is 0 Å². The van der Waals surface area contributed by atoms with Gasteiger partial charge in [0.15, 0.2) is 0 Å². The second-order valence-electron chi connectivity index (χ2n) is 2.21.